The zero-order valence-electron chi connectivity index (χ0n) is 9.95. The third-order valence-electron chi connectivity index (χ3n) is 3.32. The number of carbonyl (C=O) groups is 2. The average Bonchev–Trinajstić information content (AvgIpc) is 3.12. The van der Waals surface area contributed by atoms with Crippen molar-refractivity contribution in [1.29, 1.82) is 0 Å². The molecular formula is C13H18N2O2. The lowest BCUT2D eigenvalue weighted by Gasteiger charge is -2.32. The second kappa shape index (κ2) is 5.22. The molecule has 0 spiro atoms. The number of amides is 2. The lowest BCUT2D eigenvalue weighted by Crippen LogP contribution is -2.58. The van der Waals surface area contributed by atoms with E-state index in [0.717, 1.165) is 32.1 Å². The number of rotatable bonds is 5. The van der Waals surface area contributed by atoms with Gasteiger partial charge in [0.2, 0.25) is 11.8 Å². The molecule has 2 rings (SSSR count). The minimum absolute atomic E-state index is 0.0292. The summed E-state index contributed by atoms with van der Waals surface area (Å²) >= 11 is 0. The molecule has 1 saturated heterocycles. The van der Waals surface area contributed by atoms with Crippen LogP contribution in [0, 0.1) is 18.3 Å². The molecule has 17 heavy (non-hydrogen) atoms. The van der Waals surface area contributed by atoms with Crippen LogP contribution < -0.4 is 5.32 Å². The van der Waals surface area contributed by atoms with Crippen molar-refractivity contribution < 1.29 is 9.59 Å². The number of hydrogen-bond acceptors (Lipinski definition) is 2. The molecule has 1 heterocycles. The van der Waals surface area contributed by atoms with Crippen molar-refractivity contribution in [1.82, 2.24) is 10.2 Å². The molecular weight excluding hydrogens is 216 g/mol. The van der Waals surface area contributed by atoms with E-state index in [9.17, 15) is 9.59 Å². The molecule has 0 bridgehead atoms. The molecule has 0 aromatic carbocycles. The molecule has 4 heteroatoms. The van der Waals surface area contributed by atoms with Crippen molar-refractivity contribution in [3.8, 4) is 12.3 Å². The average molecular weight is 234 g/mol. The Morgan fingerprint density at radius 1 is 1.35 bits per heavy atom. The molecule has 1 aliphatic carbocycles. The number of terminal acetylenes is 1. The number of nitrogens with one attached hydrogen (secondary N) is 1. The molecule has 4 nitrogen and oxygen atoms in total. The summed E-state index contributed by atoms with van der Waals surface area (Å²) in [5, 5.41) is 2.80. The van der Waals surface area contributed by atoms with Gasteiger partial charge in [0.25, 0.3) is 0 Å². The zero-order valence-corrected chi connectivity index (χ0v) is 9.95. The molecule has 0 radical (unpaired) electrons. The molecule has 0 aromatic heterocycles. The maximum atomic E-state index is 12.1. The predicted molar refractivity (Wildman–Crippen MR) is 63.9 cm³/mol. The van der Waals surface area contributed by atoms with Gasteiger partial charge in [0, 0.05) is 13.0 Å². The fourth-order valence-corrected chi connectivity index (χ4v) is 2.20. The Labute approximate surface area is 102 Å². The first-order valence-electron chi connectivity index (χ1n) is 6.24. The van der Waals surface area contributed by atoms with Crippen molar-refractivity contribution in [3.05, 3.63) is 0 Å². The molecule has 1 N–H and O–H groups in total. The Bertz CT molecular complexity index is 355. The quantitative estimate of drug-likeness (QED) is 0.557. The second-order valence-electron chi connectivity index (χ2n) is 4.80. The second-order valence-corrected chi connectivity index (χ2v) is 4.80. The smallest absolute Gasteiger partial charge is 0.245 e. The summed E-state index contributed by atoms with van der Waals surface area (Å²) in [5.74, 6) is 3.02. The first-order valence-corrected chi connectivity index (χ1v) is 6.24. The minimum atomic E-state index is -0.260. The highest BCUT2D eigenvalue weighted by Crippen LogP contribution is 2.34. The van der Waals surface area contributed by atoms with Gasteiger partial charge in [0.15, 0.2) is 0 Å². The largest absolute Gasteiger partial charge is 0.342 e. The van der Waals surface area contributed by atoms with Gasteiger partial charge < -0.3 is 10.2 Å². The van der Waals surface area contributed by atoms with Crippen molar-refractivity contribution in [2.75, 3.05) is 13.1 Å². The van der Waals surface area contributed by atoms with Gasteiger partial charge in [-0.3, -0.25) is 9.59 Å². The fourth-order valence-electron chi connectivity index (χ4n) is 2.20. The molecule has 1 unspecified atom stereocenters. The first kappa shape index (κ1) is 12.0. The topological polar surface area (TPSA) is 49.4 Å². The summed E-state index contributed by atoms with van der Waals surface area (Å²) in [6.07, 6.45) is 9.81. The number of unbranched alkanes of at least 4 members (excludes halogenated alkanes) is 2. The predicted octanol–water partition coefficient (Wildman–Crippen LogP) is 0.527. The number of hydrogen-bond donors (Lipinski definition) is 1. The van der Waals surface area contributed by atoms with E-state index in [1.54, 1.807) is 4.90 Å². The van der Waals surface area contributed by atoms with Gasteiger partial charge in [0.1, 0.15) is 6.04 Å². The Balaban J connectivity index is 1.85. The Kier molecular flexibility index (Phi) is 3.68. The van der Waals surface area contributed by atoms with E-state index >= 15 is 0 Å². The SMILES string of the molecule is C#CCCCCN1CC(=O)NC(C2CC2)C1=O. The third kappa shape index (κ3) is 3.00. The first-order chi connectivity index (χ1) is 8.22. The summed E-state index contributed by atoms with van der Waals surface area (Å²) in [6.45, 7) is 0.856. The minimum Gasteiger partial charge on any atom is -0.342 e. The Morgan fingerprint density at radius 2 is 2.12 bits per heavy atom. The van der Waals surface area contributed by atoms with E-state index in [4.69, 9.17) is 6.42 Å². The summed E-state index contributed by atoms with van der Waals surface area (Å²) in [7, 11) is 0. The van der Waals surface area contributed by atoms with Crippen LogP contribution in [0.25, 0.3) is 0 Å². The summed E-state index contributed by atoms with van der Waals surface area (Å²) in [5.41, 5.74) is 0. The lowest BCUT2D eigenvalue weighted by atomic mass is 10.1. The van der Waals surface area contributed by atoms with Gasteiger partial charge in [0.05, 0.1) is 6.54 Å². The van der Waals surface area contributed by atoms with Gasteiger partial charge in [-0.05, 0) is 31.6 Å². The molecule has 92 valence electrons. The van der Waals surface area contributed by atoms with Crippen molar-refractivity contribution >= 4 is 11.8 Å². The molecule has 2 aliphatic rings. The van der Waals surface area contributed by atoms with E-state index in [1.165, 1.54) is 0 Å². The lowest BCUT2D eigenvalue weighted by molar-refractivity contribution is -0.144. The van der Waals surface area contributed by atoms with Crippen LogP contribution in [0.5, 0.6) is 0 Å². The molecule has 1 aliphatic heterocycles. The third-order valence-corrected chi connectivity index (χ3v) is 3.32. The van der Waals surface area contributed by atoms with Crippen LogP contribution in [-0.2, 0) is 9.59 Å². The molecule has 0 aromatic rings. The van der Waals surface area contributed by atoms with E-state index in [2.05, 4.69) is 11.2 Å². The van der Waals surface area contributed by atoms with Gasteiger partial charge in [-0.25, -0.2) is 0 Å². The highest BCUT2D eigenvalue weighted by molar-refractivity contribution is 5.95. The standard InChI is InChI=1S/C13H18N2O2/c1-2-3-4-5-8-15-9-11(16)14-12(13(15)17)10-6-7-10/h1,10,12H,3-9H2,(H,14,16). The van der Waals surface area contributed by atoms with Crippen LogP contribution in [0.3, 0.4) is 0 Å². The number of nitrogens with zero attached hydrogens (tertiary/aromatic N) is 1. The van der Waals surface area contributed by atoms with Gasteiger partial charge in [-0.2, -0.15) is 0 Å². The number of carbonyl (C=O) groups excluding carboxylic acids is 2. The van der Waals surface area contributed by atoms with Crippen LogP contribution in [0.4, 0.5) is 0 Å². The fraction of sp³-hybridized carbons (Fsp3) is 0.692. The maximum absolute atomic E-state index is 12.1. The monoisotopic (exact) mass is 234 g/mol. The normalized spacial score (nSPS) is 24.4. The van der Waals surface area contributed by atoms with Gasteiger partial charge in [-0.1, -0.05) is 0 Å². The summed E-state index contributed by atoms with van der Waals surface area (Å²) in [6, 6.07) is -0.260. The Hall–Kier alpha value is -1.50. The van der Waals surface area contributed by atoms with E-state index < -0.39 is 0 Å². The number of piperazine rings is 1. The van der Waals surface area contributed by atoms with E-state index in [1.807, 2.05) is 0 Å². The van der Waals surface area contributed by atoms with Gasteiger partial charge >= 0.3 is 0 Å². The molecule has 2 fully saturated rings. The van der Waals surface area contributed by atoms with Crippen LogP contribution >= 0.6 is 0 Å². The van der Waals surface area contributed by atoms with E-state index in [-0.39, 0.29) is 24.4 Å². The van der Waals surface area contributed by atoms with Crippen molar-refractivity contribution in [2.24, 2.45) is 5.92 Å². The highest BCUT2D eigenvalue weighted by atomic mass is 16.2. The van der Waals surface area contributed by atoms with Crippen LogP contribution in [0.2, 0.25) is 0 Å². The highest BCUT2D eigenvalue weighted by Gasteiger charge is 2.42. The molecule has 2 amide bonds. The summed E-state index contributed by atoms with van der Waals surface area (Å²) < 4.78 is 0. The van der Waals surface area contributed by atoms with Crippen LogP contribution in [0.1, 0.15) is 32.1 Å². The molecule has 1 atom stereocenters. The van der Waals surface area contributed by atoms with Crippen molar-refractivity contribution in [2.45, 2.75) is 38.1 Å². The molecule has 1 saturated carbocycles. The van der Waals surface area contributed by atoms with Crippen molar-refractivity contribution in [3.63, 3.8) is 0 Å². The maximum Gasteiger partial charge on any atom is 0.245 e. The van der Waals surface area contributed by atoms with Gasteiger partial charge in [-0.15, -0.1) is 12.3 Å². The summed E-state index contributed by atoms with van der Waals surface area (Å²) in [4.78, 5) is 25.3. The van der Waals surface area contributed by atoms with Crippen LogP contribution in [0.15, 0.2) is 0 Å². The Morgan fingerprint density at radius 3 is 2.76 bits per heavy atom. The van der Waals surface area contributed by atoms with Crippen LogP contribution in [-0.4, -0.2) is 35.8 Å². The zero-order chi connectivity index (χ0) is 12.3. The van der Waals surface area contributed by atoms with E-state index in [0.29, 0.717) is 12.5 Å².